The van der Waals surface area contributed by atoms with Gasteiger partial charge < -0.3 is 10.6 Å². The smallest absolute Gasteiger partial charge is 0.332 e. The number of benzene rings is 2. The fraction of sp³-hybridized carbons (Fsp3) is 0.235. The molecule has 0 bridgehead atoms. The highest BCUT2D eigenvalue weighted by molar-refractivity contribution is 7.80. The first-order valence-corrected chi connectivity index (χ1v) is 7.52. The summed E-state index contributed by atoms with van der Waals surface area (Å²) in [6.07, 6.45) is -4.38. The lowest BCUT2D eigenvalue weighted by atomic mass is 10.0. The van der Waals surface area contributed by atoms with Crippen molar-refractivity contribution in [1.29, 1.82) is 0 Å². The zero-order valence-corrected chi connectivity index (χ0v) is 13.6. The van der Waals surface area contributed by atoms with Crippen LogP contribution in [-0.2, 0) is 6.18 Å². The fourth-order valence-corrected chi connectivity index (χ4v) is 2.28. The highest BCUT2D eigenvalue weighted by Crippen LogP contribution is 2.30. The van der Waals surface area contributed by atoms with Crippen LogP contribution >= 0.6 is 12.2 Å². The minimum atomic E-state index is -4.38. The molecule has 0 aromatic heterocycles. The summed E-state index contributed by atoms with van der Waals surface area (Å²) in [6.45, 7) is 4.16. The van der Waals surface area contributed by atoms with E-state index in [9.17, 15) is 13.2 Å². The predicted molar refractivity (Wildman–Crippen MR) is 91.8 cm³/mol. The van der Waals surface area contributed by atoms with Crippen LogP contribution in [0.5, 0.6) is 0 Å². The number of alkyl halides is 3. The average Bonchev–Trinajstić information content (AvgIpc) is 2.46. The van der Waals surface area contributed by atoms with Gasteiger partial charge in [-0.1, -0.05) is 32.0 Å². The second-order valence-electron chi connectivity index (χ2n) is 5.44. The van der Waals surface area contributed by atoms with Gasteiger partial charge in [0.2, 0.25) is 0 Å². The molecule has 2 rings (SSSR count). The molecule has 2 aromatic carbocycles. The van der Waals surface area contributed by atoms with E-state index < -0.39 is 11.7 Å². The lowest BCUT2D eigenvalue weighted by molar-refractivity contribution is -0.137. The average molecular weight is 338 g/mol. The highest BCUT2D eigenvalue weighted by Gasteiger charge is 2.30. The Hall–Kier alpha value is -2.08. The number of anilines is 2. The van der Waals surface area contributed by atoms with Crippen molar-refractivity contribution in [2.45, 2.75) is 25.9 Å². The molecule has 0 spiro atoms. The minimum Gasteiger partial charge on any atom is -0.332 e. The van der Waals surface area contributed by atoms with Crippen LogP contribution in [0.4, 0.5) is 24.5 Å². The van der Waals surface area contributed by atoms with Gasteiger partial charge in [0.1, 0.15) is 0 Å². The van der Waals surface area contributed by atoms with Gasteiger partial charge in [-0.3, -0.25) is 0 Å². The van der Waals surface area contributed by atoms with Crippen molar-refractivity contribution < 1.29 is 13.2 Å². The van der Waals surface area contributed by atoms with E-state index in [0.717, 1.165) is 23.4 Å². The molecule has 2 nitrogen and oxygen atoms in total. The zero-order chi connectivity index (χ0) is 17.0. The summed E-state index contributed by atoms with van der Waals surface area (Å²) in [7, 11) is 0. The van der Waals surface area contributed by atoms with Crippen LogP contribution in [0.1, 0.15) is 30.9 Å². The maximum atomic E-state index is 12.7. The normalized spacial score (nSPS) is 11.4. The molecule has 0 saturated heterocycles. The molecular weight excluding hydrogens is 321 g/mol. The van der Waals surface area contributed by atoms with Gasteiger partial charge in [0.15, 0.2) is 5.11 Å². The summed E-state index contributed by atoms with van der Waals surface area (Å²) < 4.78 is 38.1. The molecule has 23 heavy (non-hydrogen) atoms. The Morgan fingerprint density at radius 2 is 1.52 bits per heavy atom. The summed E-state index contributed by atoms with van der Waals surface area (Å²) in [5.74, 6) is 0.377. The van der Waals surface area contributed by atoms with Crippen molar-refractivity contribution in [3.05, 3.63) is 59.7 Å². The van der Waals surface area contributed by atoms with E-state index in [4.69, 9.17) is 12.2 Å². The molecule has 0 unspecified atom stereocenters. The largest absolute Gasteiger partial charge is 0.416 e. The van der Waals surface area contributed by atoms with Crippen LogP contribution in [0.3, 0.4) is 0 Å². The van der Waals surface area contributed by atoms with Gasteiger partial charge in [0.05, 0.1) is 5.56 Å². The van der Waals surface area contributed by atoms with Crippen LogP contribution in [0.25, 0.3) is 0 Å². The van der Waals surface area contributed by atoms with Crippen molar-refractivity contribution in [1.82, 2.24) is 0 Å². The molecule has 0 fully saturated rings. The zero-order valence-electron chi connectivity index (χ0n) is 12.7. The van der Waals surface area contributed by atoms with E-state index >= 15 is 0 Å². The van der Waals surface area contributed by atoms with Gasteiger partial charge in [-0.25, -0.2) is 0 Å². The van der Waals surface area contributed by atoms with Crippen molar-refractivity contribution in [3.8, 4) is 0 Å². The Bertz CT molecular complexity index is 696. The first-order chi connectivity index (χ1) is 10.8. The van der Waals surface area contributed by atoms with Crippen molar-refractivity contribution in [2.24, 2.45) is 0 Å². The molecule has 0 atom stereocenters. The van der Waals surface area contributed by atoms with E-state index in [0.29, 0.717) is 5.92 Å². The van der Waals surface area contributed by atoms with E-state index in [1.807, 2.05) is 24.3 Å². The molecule has 0 radical (unpaired) electrons. The molecule has 0 aliphatic carbocycles. The lowest BCUT2D eigenvalue weighted by Gasteiger charge is -2.14. The molecule has 0 heterocycles. The van der Waals surface area contributed by atoms with Crippen LogP contribution in [0.15, 0.2) is 48.5 Å². The predicted octanol–water partition coefficient (Wildman–Crippen LogP) is 5.64. The molecule has 0 aliphatic rings. The van der Waals surface area contributed by atoms with E-state index in [1.165, 1.54) is 12.1 Å². The first-order valence-electron chi connectivity index (χ1n) is 7.11. The molecule has 122 valence electrons. The number of hydrogen-bond acceptors (Lipinski definition) is 1. The van der Waals surface area contributed by atoms with Crippen molar-refractivity contribution >= 4 is 28.7 Å². The molecular formula is C17H17F3N2S. The summed E-state index contributed by atoms with van der Waals surface area (Å²) >= 11 is 5.16. The standard InChI is InChI=1S/C17H17F3N2S/c1-11(2)12-5-3-7-14(9-12)21-16(23)22-15-8-4-6-13(10-15)17(18,19)20/h3-11H,1-2H3,(H2,21,22,23). The third-order valence-electron chi connectivity index (χ3n) is 3.26. The quantitative estimate of drug-likeness (QED) is 0.709. The Labute approximate surface area is 138 Å². The van der Waals surface area contributed by atoms with Gasteiger partial charge in [-0.2, -0.15) is 13.2 Å². The molecule has 6 heteroatoms. The number of halogens is 3. The first kappa shape index (κ1) is 17.3. The Balaban J connectivity index is 2.07. The minimum absolute atomic E-state index is 0.241. The molecule has 2 aromatic rings. The summed E-state index contributed by atoms with van der Waals surface area (Å²) in [5, 5.41) is 6.00. The molecule has 0 aliphatic heterocycles. The monoisotopic (exact) mass is 338 g/mol. The second kappa shape index (κ2) is 7.00. The fourth-order valence-electron chi connectivity index (χ4n) is 2.04. The maximum Gasteiger partial charge on any atom is 0.416 e. The Kier molecular flexibility index (Phi) is 5.26. The number of nitrogens with one attached hydrogen (secondary N) is 2. The van der Waals surface area contributed by atoms with Gasteiger partial charge in [0.25, 0.3) is 0 Å². The SMILES string of the molecule is CC(C)c1cccc(NC(=S)Nc2cccc(C(F)(F)F)c2)c1. The summed E-state index contributed by atoms with van der Waals surface area (Å²) in [4.78, 5) is 0. The number of rotatable bonds is 3. The van der Waals surface area contributed by atoms with Gasteiger partial charge in [-0.05, 0) is 54.0 Å². The Morgan fingerprint density at radius 1 is 0.957 bits per heavy atom. The van der Waals surface area contributed by atoms with E-state index in [2.05, 4.69) is 24.5 Å². The molecule has 0 amide bonds. The van der Waals surface area contributed by atoms with Gasteiger partial charge in [0, 0.05) is 11.4 Å². The summed E-state index contributed by atoms with van der Waals surface area (Å²) in [6, 6.07) is 12.7. The maximum absolute atomic E-state index is 12.7. The lowest BCUT2D eigenvalue weighted by Crippen LogP contribution is -2.19. The third-order valence-corrected chi connectivity index (χ3v) is 3.46. The Morgan fingerprint density at radius 3 is 2.09 bits per heavy atom. The van der Waals surface area contributed by atoms with Gasteiger partial charge >= 0.3 is 6.18 Å². The van der Waals surface area contributed by atoms with Crippen LogP contribution in [0, 0.1) is 0 Å². The summed E-state index contributed by atoms with van der Waals surface area (Å²) in [5.41, 5.74) is 1.52. The second-order valence-corrected chi connectivity index (χ2v) is 5.85. The van der Waals surface area contributed by atoms with Crippen LogP contribution < -0.4 is 10.6 Å². The molecule has 2 N–H and O–H groups in total. The van der Waals surface area contributed by atoms with Gasteiger partial charge in [-0.15, -0.1) is 0 Å². The molecule has 0 saturated carbocycles. The number of thiocarbonyl (C=S) groups is 1. The van der Waals surface area contributed by atoms with Crippen molar-refractivity contribution in [3.63, 3.8) is 0 Å². The van der Waals surface area contributed by atoms with E-state index in [1.54, 1.807) is 0 Å². The van der Waals surface area contributed by atoms with Crippen LogP contribution in [0.2, 0.25) is 0 Å². The van der Waals surface area contributed by atoms with Crippen LogP contribution in [-0.4, -0.2) is 5.11 Å². The highest BCUT2D eigenvalue weighted by atomic mass is 32.1. The third kappa shape index (κ3) is 4.96. The van der Waals surface area contributed by atoms with E-state index in [-0.39, 0.29) is 10.8 Å². The van der Waals surface area contributed by atoms with Crippen molar-refractivity contribution in [2.75, 3.05) is 10.6 Å². The topological polar surface area (TPSA) is 24.1 Å². The number of hydrogen-bond donors (Lipinski definition) is 2.